The van der Waals surface area contributed by atoms with Crippen LogP contribution in [0.5, 0.6) is 0 Å². The molecule has 8 heteroatoms. The molecule has 0 radical (unpaired) electrons. The Hall–Kier alpha value is -2.77. The van der Waals surface area contributed by atoms with Crippen LogP contribution in [0.2, 0.25) is 0 Å². The van der Waals surface area contributed by atoms with E-state index in [1.165, 1.54) is 35.5 Å². The molecule has 0 saturated heterocycles. The highest BCUT2D eigenvalue weighted by Crippen LogP contribution is 2.17. The molecule has 0 spiro atoms. The maximum atomic E-state index is 13.9. The highest BCUT2D eigenvalue weighted by molar-refractivity contribution is 5.91. The van der Waals surface area contributed by atoms with Crippen molar-refractivity contribution in [1.82, 2.24) is 14.8 Å². The molecule has 0 bridgehead atoms. The zero-order valence-electron chi connectivity index (χ0n) is 11.0. The molecule has 0 fully saturated rings. The Labute approximate surface area is 119 Å². The van der Waals surface area contributed by atoms with Gasteiger partial charge in [0.05, 0.1) is 0 Å². The number of halogens is 1. The van der Waals surface area contributed by atoms with Crippen LogP contribution < -0.4 is 5.32 Å². The first kappa shape index (κ1) is 14.6. The van der Waals surface area contributed by atoms with Gasteiger partial charge < -0.3 is 10.4 Å². The summed E-state index contributed by atoms with van der Waals surface area (Å²) in [5, 5.41) is 14.8. The second-order valence-electron chi connectivity index (χ2n) is 4.30. The van der Waals surface area contributed by atoms with E-state index in [2.05, 4.69) is 15.4 Å². The van der Waals surface area contributed by atoms with E-state index in [9.17, 15) is 14.0 Å². The molecule has 1 heterocycles. The normalized spacial score (nSPS) is 10.3. The highest BCUT2D eigenvalue weighted by atomic mass is 19.1. The monoisotopic (exact) mass is 292 g/mol. The summed E-state index contributed by atoms with van der Waals surface area (Å²) in [6.45, 7) is 0. The fraction of sp³-hybridized carbons (Fsp3) is 0.231. The average molecular weight is 292 g/mol. The van der Waals surface area contributed by atoms with Crippen LogP contribution in [0.15, 0.2) is 30.9 Å². The summed E-state index contributed by atoms with van der Waals surface area (Å²) in [6.07, 6.45) is 2.88. The largest absolute Gasteiger partial charge is 0.481 e. The van der Waals surface area contributed by atoms with E-state index in [4.69, 9.17) is 5.11 Å². The number of aliphatic carboxylic acids is 1. The highest BCUT2D eigenvalue weighted by Gasteiger charge is 2.09. The molecule has 7 nitrogen and oxygen atoms in total. The first-order chi connectivity index (χ1) is 10.1. The third-order valence-electron chi connectivity index (χ3n) is 2.69. The van der Waals surface area contributed by atoms with Gasteiger partial charge in [-0.15, -0.1) is 0 Å². The SMILES string of the molecule is O=C(O)CCCC(=O)Nc1ccc(-n2cncn2)c(F)c1. The minimum atomic E-state index is -0.953. The fourth-order valence-corrected chi connectivity index (χ4v) is 1.73. The van der Waals surface area contributed by atoms with Crippen molar-refractivity contribution in [3.8, 4) is 5.69 Å². The summed E-state index contributed by atoms with van der Waals surface area (Å²) in [4.78, 5) is 25.6. The predicted octanol–water partition coefficient (Wildman–Crippen LogP) is 1.60. The standard InChI is InChI=1S/C13H13FN4O3/c14-10-6-9(17-12(19)2-1-3-13(20)21)4-5-11(10)18-8-15-7-16-18/h4-8H,1-3H2,(H,17,19)(H,20,21). The molecule has 2 N–H and O–H groups in total. The van der Waals surface area contributed by atoms with Crippen molar-refractivity contribution in [2.45, 2.75) is 19.3 Å². The van der Waals surface area contributed by atoms with Crippen LogP contribution in [0.25, 0.3) is 5.69 Å². The van der Waals surface area contributed by atoms with Crippen molar-refractivity contribution in [2.24, 2.45) is 0 Å². The number of benzene rings is 1. The molecule has 0 atom stereocenters. The van der Waals surface area contributed by atoms with Crippen molar-refractivity contribution in [2.75, 3.05) is 5.32 Å². The Morgan fingerprint density at radius 1 is 1.33 bits per heavy atom. The maximum absolute atomic E-state index is 13.9. The van der Waals surface area contributed by atoms with Gasteiger partial charge in [0.15, 0.2) is 5.82 Å². The zero-order chi connectivity index (χ0) is 15.2. The average Bonchev–Trinajstić information content (AvgIpc) is 2.92. The molecule has 110 valence electrons. The molecule has 2 rings (SSSR count). The molecule has 0 aliphatic heterocycles. The minimum absolute atomic E-state index is 0.0682. The van der Waals surface area contributed by atoms with E-state index >= 15 is 0 Å². The van der Waals surface area contributed by atoms with Crippen LogP contribution in [0, 0.1) is 5.82 Å². The fourth-order valence-electron chi connectivity index (χ4n) is 1.73. The van der Waals surface area contributed by atoms with Crippen LogP contribution in [-0.2, 0) is 9.59 Å². The zero-order valence-corrected chi connectivity index (χ0v) is 11.0. The van der Waals surface area contributed by atoms with Crippen molar-refractivity contribution < 1.29 is 19.1 Å². The van der Waals surface area contributed by atoms with Gasteiger partial charge in [0.1, 0.15) is 18.3 Å². The molecular weight excluding hydrogens is 279 g/mol. The molecule has 0 saturated carbocycles. The summed E-state index contributed by atoms with van der Waals surface area (Å²) in [6, 6.07) is 4.18. The maximum Gasteiger partial charge on any atom is 0.303 e. The molecule has 1 amide bonds. The number of rotatable bonds is 6. The Morgan fingerprint density at radius 3 is 2.76 bits per heavy atom. The van der Waals surface area contributed by atoms with E-state index in [1.54, 1.807) is 0 Å². The Kier molecular flexibility index (Phi) is 4.60. The van der Waals surface area contributed by atoms with Crippen molar-refractivity contribution in [3.05, 3.63) is 36.7 Å². The summed E-state index contributed by atoms with van der Waals surface area (Å²) < 4.78 is 15.2. The number of hydrogen-bond donors (Lipinski definition) is 2. The number of anilines is 1. The number of amides is 1. The summed E-state index contributed by atoms with van der Waals surface area (Å²) in [7, 11) is 0. The van der Waals surface area contributed by atoms with E-state index in [0.717, 1.165) is 0 Å². The quantitative estimate of drug-likeness (QED) is 0.842. The number of carbonyl (C=O) groups is 2. The van der Waals surface area contributed by atoms with Crippen molar-refractivity contribution in [1.29, 1.82) is 0 Å². The van der Waals surface area contributed by atoms with Gasteiger partial charge in [-0.1, -0.05) is 0 Å². The number of carboxylic acid groups (broad SMARTS) is 1. The van der Waals surface area contributed by atoms with Crippen molar-refractivity contribution in [3.63, 3.8) is 0 Å². The van der Waals surface area contributed by atoms with Gasteiger partial charge in [0.25, 0.3) is 0 Å². The smallest absolute Gasteiger partial charge is 0.303 e. The summed E-state index contributed by atoms with van der Waals surface area (Å²) in [5.41, 5.74) is 0.521. The molecule has 2 aromatic rings. The third kappa shape index (κ3) is 4.10. The molecule has 0 aliphatic rings. The lowest BCUT2D eigenvalue weighted by Crippen LogP contribution is -2.12. The van der Waals surface area contributed by atoms with Crippen molar-refractivity contribution >= 4 is 17.6 Å². The lowest BCUT2D eigenvalue weighted by molar-refractivity contribution is -0.137. The van der Waals surface area contributed by atoms with Gasteiger partial charge >= 0.3 is 5.97 Å². The summed E-state index contributed by atoms with van der Waals surface area (Å²) >= 11 is 0. The van der Waals surface area contributed by atoms with Gasteiger partial charge in [0, 0.05) is 18.5 Å². The van der Waals surface area contributed by atoms with E-state index in [1.807, 2.05) is 0 Å². The molecule has 1 aromatic carbocycles. The Bertz CT molecular complexity index is 643. The van der Waals surface area contributed by atoms with E-state index in [0.29, 0.717) is 5.69 Å². The number of aromatic nitrogens is 3. The van der Waals surface area contributed by atoms with E-state index < -0.39 is 11.8 Å². The molecule has 1 aromatic heterocycles. The van der Waals surface area contributed by atoms with E-state index in [-0.39, 0.29) is 30.9 Å². The Morgan fingerprint density at radius 2 is 2.14 bits per heavy atom. The topological polar surface area (TPSA) is 97.1 Å². The van der Waals surface area contributed by atoms with Gasteiger partial charge in [-0.2, -0.15) is 5.10 Å². The third-order valence-corrected chi connectivity index (χ3v) is 2.69. The molecule has 0 aliphatic carbocycles. The van der Waals surface area contributed by atoms with Gasteiger partial charge in [0.2, 0.25) is 5.91 Å². The lowest BCUT2D eigenvalue weighted by atomic mass is 10.2. The van der Waals surface area contributed by atoms with Gasteiger partial charge in [-0.25, -0.2) is 14.1 Å². The lowest BCUT2D eigenvalue weighted by Gasteiger charge is -2.07. The first-order valence-electron chi connectivity index (χ1n) is 6.22. The minimum Gasteiger partial charge on any atom is -0.481 e. The number of nitrogens with one attached hydrogen (secondary N) is 1. The van der Waals surface area contributed by atoms with Crippen LogP contribution in [0.3, 0.4) is 0 Å². The molecule has 21 heavy (non-hydrogen) atoms. The number of nitrogens with zero attached hydrogens (tertiary/aromatic N) is 3. The second kappa shape index (κ2) is 6.60. The van der Waals surface area contributed by atoms with Gasteiger partial charge in [-0.3, -0.25) is 9.59 Å². The number of carbonyl (C=O) groups excluding carboxylic acids is 1. The number of hydrogen-bond acceptors (Lipinski definition) is 4. The first-order valence-corrected chi connectivity index (χ1v) is 6.22. The molecular formula is C13H13FN4O3. The van der Waals surface area contributed by atoms with Gasteiger partial charge in [-0.05, 0) is 24.6 Å². The Balaban J connectivity index is 1.97. The van der Waals surface area contributed by atoms with Crippen LogP contribution in [0.1, 0.15) is 19.3 Å². The van der Waals surface area contributed by atoms with Crippen LogP contribution in [-0.4, -0.2) is 31.7 Å². The summed E-state index contributed by atoms with van der Waals surface area (Å²) in [5.74, 6) is -1.86. The van der Waals surface area contributed by atoms with Crippen LogP contribution >= 0.6 is 0 Å². The second-order valence-corrected chi connectivity index (χ2v) is 4.30. The predicted molar refractivity (Wildman–Crippen MR) is 71.4 cm³/mol. The molecule has 0 unspecified atom stereocenters. The van der Waals surface area contributed by atoms with Crippen LogP contribution in [0.4, 0.5) is 10.1 Å². The number of carboxylic acids is 1.